The molecular weight excluding hydrogens is 321 g/mol. The Morgan fingerprint density at radius 2 is 1.72 bits per heavy atom. The van der Waals surface area contributed by atoms with Crippen molar-refractivity contribution >= 4 is 11.4 Å². The Morgan fingerprint density at radius 3 is 2.32 bits per heavy atom. The number of nitrogens with one attached hydrogen (secondary N) is 1. The highest BCUT2D eigenvalue weighted by Crippen LogP contribution is 2.22. The lowest BCUT2D eigenvalue weighted by atomic mass is 10.0. The van der Waals surface area contributed by atoms with E-state index < -0.39 is 0 Å². The van der Waals surface area contributed by atoms with E-state index in [0.717, 1.165) is 50.1 Å². The SMILES string of the molecule is O=[N+]([O-])c1ccc(N2CCC(NCCc3ccc(F)cc3)CC2)cc1. The van der Waals surface area contributed by atoms with Gasteiger partial charge in [0.1, 0.15) is 5.82 Å². The average Bonchev–Trinajstić information content (AvgIpc) is 2.64. The zero-order valence-corrected chi connectivity index (χ0v) is 14.0. The zero-order chi connectivity index (χ0) is 17.6. The van der Waals surface area contributed by atoms with Crippen molar-refractivity contribution in [2.75, 3.05) is 24.5 Å². The van der Waals surface area contributed by atoms with Crippen molar-refractivity contribution in [3.63, 3.8) is 0 Å². The van der Waals surface area contributed by atoms with Gasteiger partial charge in [-0.15, -0.1) is 0 Å². The van der Waals surface area contributed by atoms with Crippen LogP contribution < -0.4 is 10.2 Å². The van der Waals surface area contributed by atoms with E-state index in [1.165, 1.54) is 12.1 Å². The third-order valence-corrected chi connectivity index (χ3v) is 4.68. The van der Waals surface area contributed by atoms with Gasteiger partial charge in [0.05, 0.1) is 4.92 Å². The molecule has 5 nitrogen and oxygen atoms in total. The molecule has 0 atom stereocenters. The Hall–Kier alpha value is -2.47. The first kappa shape index (κ1) is 17.4. The van der Waals surface area contributed by atoms with Crippen LogP contribution >= 0.6 is 0 Å². The summed E-state index contributed by atoms with van der Waals surface area (Å²) in [6.45, 7) is 2.76. The molecule has 0 spiro atoms. The molecule has 0 saturated carbocycles. The van der Waals surface area contributed by atoms with E-state index in [1.54, 1.807) is 12.1 Å². The Balaban J connectivity index is 1.42. The number of non-ortho nitro benzene ring substituents is 1. The second-order valence-corrected chi connectivity index (χ2v) is 6.37. The van der Waals surface area contributed by atoms with Crippen LogP contribution in [-0.2, 0) is 6.42 Å². The predicted molar refractivity (Wildman–Crippen MR) is 96.4 cm³/mol. The molecular formula is C19H22FN3O2. The van der Waals surface area contributed by atoms with Crippen molar-refractivity contribution in [3.05, 3.63) is 70.0 Å². The minimum atomic E-state index is -0.374. The maximum absolute atomic E-state index is 12.9. The summed E-state index contributed by atoms with van der Waals surface area (Å²) in [4.78, 5) is 12.6. The Labute approximate surface area is 146 Å². The van der Waals surface area contributed by atoms with Gasteiger partial charge in [-0.1, -0.05) is 12.1 Å². The highest BCUT2D eigenvalue weighted by atomic mass is 19.1. The number of benzene rings is 2. The molecule has 1 heterocycles. The van der Waals surface area contributed by atoms with Crippen molar-refractivity contribution < 1.29 is 9.31 Å². The Morgan fingerprint density at radius 1 is 1.08 bits per heavy atom. The third kappa shape index (κ3) is 4.76. The summed E-state index contributed by atoms with van der Waals surface area (Å²) in [7, 11) is 0. The van der Waals surface area contributed by atoms with Crippen LogP contribution in [0.3, 0.4) is 0 Å². The number of nitro benzene ring substituents is 1. The van der Waals surface area contributed by atoms with Crippen LogP contribution in [0.2, 0.25) is 0 Å². The van der Waals surface area contributed by atoms with Crippen LogP contribution in [-0.4, -0.2) is 30.6 Å². The lowest BCUT2D eigenvalue weighted by molar-refractivity contribution is -0.384. The fourth-order valence-electron chi connectivity index (χ4n) is 3.20. The highest BCUT2D eigenvalue weighted by molar-refractivity contribution is 5.51. The number of hydrogen-bond acceptors (Lipinski definition) is 4. The smallest absolute Gasteiger partial charge is 0.269 e. The molecule has 0 unspecified atom stereocenters. The van der Waals surface area contributed by atoms with E-state index in [-0.39, 0.29) is 16.4 Å². The second kappa shape index (κ2) is 8.07. The summed E-state index contributed by atoms with van der Waals surface area (Å²) in [5, 5.41) is 14.3. The standard InChI is InChI=1S/C19H22FN3O2/c20-16-3-1-15(2-4-16)9-12-21-17-10-13-22(14-11-17)18-5-7-19(8-6-18)23(24)25/h1-8,17,21H,9-14H2. The van der Waals surface area contributed by atoms with Crippen molar-refractivity contribution in [3.8, 4) is 0 Å². The molecule has 1 fully saturated rings. The van der Waals surface area contributed by atoms with Gasteiger partial charge in [-0.2, -0.15) is 0 Å². The second-order valence-electron chi connectivity index (χ2n) is 6.37. The van der Waals surface area contributed by atoms with Gasteiger partial charge < -0.3 is 10.2 Å². The largest absolute Gasteiger partial charge is 0.371 e. The van der Waals surface area contributed by atoms with Crippen molar-refractivity contribution in [1.82, 2.24) is 5.32 Å². The number of rotatable bonds is 6. The molecule has 25 heavy (non-hydrogen) atoms. The summed E-state index contributed by atoms with van der Waals surface area (Å²) < 4.78 is 12.9. The van der Waals surface area contributed by atoms with Gasteiger partial charge >= 0.3 is 0 Å². The van der Waals surface area contributed by atoms with Crippen molar-refractivity contribution in [1.29, 1.82) is 0 Å². The molecule has 132 valence electrons. The van der Waals surface area contributed by atoms with Crippen molar-refractivity contribution in [2.45, 2.75) is 25.3 Å². The van der Waals surface area contributed by atoms with E-state index in [1.807, 2.05) is 24.3 Å². The molecule has 1 N–H and O–H groups in total. The lowest BCUT2D eigenvalue weighted by Crippen LogP contribution is -2.43. The highest BCUT2D eigenvalue weighted by Gasteiger charge is 2.19. The van der Waals surface area contributed by atoms with Gasteiger partial charge in [0.2, 0.25) is 0 Å². The molecule has 1 saturated heterocycles. The van der Waals surface area contributed by atoms with Crippen LogP contribution in [0.4, 0.5) is 15.8 Å². The summed E-state index contributed by atoms with van der Waals surface area (Å²) >= 11 is 0. The fourth-order valence-corrected chi connectivity index (χ4v) is 3.20. The molecule has 3 rings (SSSR count). The normalized spacial score (nSPS) is 15.3. The molecule has 6 heteroatoms. The first-order valence-electron chi connectivity index (χ1n) is 8.59. The van der Waals surface area contributed by atoms with Gasteiger partial charge in [-0.3, -0.25) is 10.1 Å². The van der Waals surface area contributed by atoms with Crippen LogP contribution in [0.1, 0.15) is 18.4 Å². The van der Waals surface area contributed by atoms with Gasteiger partial charge in [0.15, 0.2) is 0 Å². The van der Waals surface area contributed by atoms with Crippen molar-refractivity contribution in [2.24, 2.45) is 0 Å². The molecule has 0 aliphatic carbocycles. The number of halogens is 1. The molecule has 0 bridgehead atoms. The maximum Gasteiger partial charge on any atom is 0.269 e. The van der Waals surface area contributed by atoms with Gasteiger partial charge in [-0.05, 0) is 55.6 Å². The van der Waals surface area contributed by atoms with Crippen LogP contribution in [0.5, 0.6) is 0 Å². The summed E-state index contributed by atoms with van der Waals surface area (Å²) in [5.41, 5.74) is 2.30. The molecule has 2 aromatic carbocycles. The van der Waals surface area contributed by atoms with Crippen LogP contribution in [0.15, 0.2) is 48.5 Å². The Kier molecular flexibility index (Phi) is 5.60. The number of anilines is 1. The maximum atomic E-state index is 12.9. The topological polar surface area (TPSA) is 58.4 Å². The quantitative estimate of drug-likeness (QED) is 0.644. The monoisotopic (exact) mass is 343 g/mol. The van der Waals surface area contributed by atoms with E-state index in [9.17, 15) is 14.5 Å². The lowest BCUT2D eigenvalue weighted by Gasteiger charge is -2.34. The van der Waals surface area contributed by atoms with E-state index in [0.29, 0.717) is 6.04 Å². The van der Waals surface area contributed by atoms with Crippen LogP contribution in [0, 0.1) is 15.9 Å². The Bertz CT molecular complexity index is 696. The molecule has 0 amide bonds. The fraction of sp³-hybridized carbons (Fsp3) is 0.368. The summed E-state index contributed by atoms with van der Waals surface area (Å²) in [5.74, 6) is -0.199. The third-order valence-electron chi connectivity index (χ3n) is 4.68. The molecule has 0 radical (unpaired) electrons. The minimum absolute atomic E-state index is 0.126. The zero-order valence-electron chi connectivity index (χ0n) is 14.0. The minimum Gasteiger partial charge on any atom is -0.371 e. The van der Waals surface area contributed by atoms with Gasteiger partial charge in [0.25, 0.3) is 5.69 Å². The first-order chi connectivity index (χ1) is 12.1. The predicted octanol–water partition coefficient (Wildman–Crippen LogP) is 3.54. The first-order valence-corrected chi connectivity index (χ1v) is 8.59. The molecule has 1 aliphatic heterocycles. The van der Waals surface area contributed by atoms with Gasteiger partial charge in [-0.25, -0.2) is 4.39 Å². The van der Waals surface area contributed by atoms with Gasteiger partial charge in [0, 0.05) is 37.0 Å². The summed E-state index contributed by atoms with van der Waals surface area (Å²) in [6.07, 6.45) is 2.98. The average molecular weight is 343 g/mol. The number of nitrogens with zero attached hydrogens (tertiary/aromatic N) is 2. The number of piperidine rings is 1. The molecule has 2 aromatic rings. The molecule has 1 aliphatic rings. The number of nitro groups is 1. The van der Waals surface area contributed by atoms with E-state index in [2.05, 4.69) is 10.2 Å². The van der Waals surface area contributed by atoms with E-state index >= 15 is 0 Å². The molecule has 0 aromatic heterocycles. The number of hydrogen-bond donors (Lipinski definition) is 1. The summed E-state index contributed by atoms with van der Waals surface area (Å²) in [6, 6.07) is 13.9. The van der Waals surface area contributed by atoms with Crippen LogP contribution in [0.25, 0.3) is 0 Å². The van der Waals surface area contributed by atoms with E-state index in [4.69, 9.17) is 0 Å².